The van der Waals surface area contributed by atoms with Gasteiger partial charge in [0.15, 0.2) is 0 Å². The number of piperidine rings is 1. The zero-order chi connectivity index (χ0) is 94.2. The van der Waals surface area contributed by atoms with E-state index in [1.54, 1.807) is 82.2 Å². The van der Waals surface area contributed by atoms with Crippen LogP contribution in [-0.2, 0) is 45.6 Å². The molecule has 700 valence electrons. The number of alkyl halides is 6. The zero-order valence-electron chi connectivity index (χ0n) is 72.9. The molecule has 2 amide bonds. The number of anilines is 4. The van der Waals surface area contributed by atoms with Gasteiger partial charge in [0.05, 0.1) is 88.6 Å². The SMILES string of the molecule is CNc1c(Cc2ccc(F)cc2)c(C2CCNC2)nn1C(=O)c1cccs1.Cc1c(C2C(C(F)(F)F)CN2C(=O)N2CCOCC2)nn(C(=O)c2cscn2)c1N(C)Cc1ccc(F)cc1.Cc1cc(C(=O)n2nc(C3CNCCO3)c(C)c2NCc2ccc(F)cc2)co1.Cc1occc1C(=O)n1nc(C2CCCN(S(C)(=O)=O)C2C(F)(F)F)c(C)c1NCc1ccc(F)cc1. The lowest BCUT2D eigenvalue weighted by atomic mass is 9.84. The molecule has 12 aromatic rings. The Morgan fingerprint density at radius 2 is 1.20 bits per heavy atom. The first-order valence-corrected chi connectivity index (χ1v) is 45.9. The first-order valence-electron chi connectivity index (χ1n) is 42.3. The topological polar surface area (TPSA) is 322 Å². The number of nitrogens with zero attached hydrogens (tertiary/aromatic N) is 13. The van der Waals surface area contributed by atoms with E-state index in [1.165, 1.54) is 139 Å². The molecule has 4 aromatic carbocycles. The number of aromatic nitrogens is 9. The Labute approximate surface area is 760 Å². The van der Waals surface area contributed by atoms with E-state index in [0.29, 0.717) is 94.1 Å². The van der Waals surface area contributed by atoms with Gasteiger partial charge in [-0.15, -0.1) is 22.7 Å². The molecule has 6 unspecified atom stereocenters. The average molecular weight is 1890 g/mol. The number of hydrogen-bond donors (Lipinski definition) is 5. The minimum atomic E-state index is -4.86. The summed E-state index contributed by atoms with van der Waals surface area (Å²) in [7, 11) is -0.696. The number of ether oxygens (including phenoxy) is 2. The lowest BCUT2D eigenvalue weighted by Gasteiger charge is -2.49. The Balaban J connectivity index is 0.000000143. The van der Waals surface area contributed by atoms with Crippen LogP contribution < -0.4 is 31.5 Å². The monoisotopic (exact) mass is 1890 g/mol. The largest absolute Gasteiger partial charge is 0.469 e. The van der Waals surface area contributed by atoms with Gasteiger partial charge in [-0.3, -0.25) is 19.2 Å². The molecule has 13 heterocycles. The molecule has 5 saturated heterocycles. The number of hydrogen-bond acceptors (Lipinski definition) is 24. The van der Waals surface area contributed by atoms with Crippen LogP contribution in [0.2, 0.25) is 0 Å². The van der Waals surface area contributed by atoms with Gasteiger partial charge in [0, 0.05) is 125 Å². The number of furan rings is 2. The molecule has 132 heavy (non-hydrogen) atoms. The van der Waals surface area contributed by atoms with Crippen molar-refractivity contribution in [1.29, 1.82) is 0 Å². The Kier molecular flexibility index (Phi) is 30.0. The summed E-state index contributed by atoms with van der Waals surface area (Å²) in [6.45, 7) is 13.4. The summed E-state index contributed by atoms with van der Waals surface area (Å²) in [5.74, 6) is -3.26. The summed E-state index contributed by atoms with van der Waals surface area (Å²) in [6, 6.07) is 26.6. The number of sulfonamides is 1. The number of nitrogens with one attached hydrogen (secondary N) is 5. The Morgan fingerprint density at radius 3 is 1.73 bits per heavy atom. The maximum absolute atomic E-state index is 14.3. The van der Waals surface area contributed by atoms with Crippen molar-refractivity contribution in [1.82, 2.24) is 68.8 Å². The Morgan fingerprint density at radius 1 is 0.621 bits per heavy atom. The second-order valence-electron chi connectivity index (χ2n) is 32.3. The molecule has 0 saturated carbocycles. The molecule has 0 aliphatic carbocycles. The highest BCUT2D eigenvalue weighted by Crippen LogP contribution is 2.51. The minimum absolute atomic E-state index is 0.00489. The number of benzene rings is 4. The van der Waals surface area contributed by atoms with E-state index in [2.05, 4.69) is 46.9 Å². The number of thiophene rings is 1. The second kappa shape index (κ2) is 41.3. The normalized spacial score (nSPS) is 18.3. The molecule has 29 nitrogen and oxygen atoms in total. The highest BCUT2D eigenvalue weighted by molar-refractivity contribution is 7.88. The van der Waals surface area contributed by atoms with Gasteiger partial charge in [0.1, 0.15) is 82.2 Å². The van der Waals surface area contributed by atoms with Crippen molar-refractivity contribution in [2.75, 3.05) is 113 Å². The first-order chi connectivity index (χ1) is 63.0. The maximum atomic E-state index is 14.3. The van der Waals surface area contributed by atoms with Crippen molar-refractivity contribution in [2.45, 2.75) is 122 Å². The van der Waals surface area contributed by atoms with Crippen LogP contribution in [0.1, 0.15) is 163 Å². The third-order valence-electron chi connectivity index (χ3n) is 23.4. The fourth-order valence-corrected chi connectivity index (χ4v) is 19.0. The summed E-state index contributed by atoms with van der Waals surface area (Å²) < 4.78 is 190. The lowest BCUT2D eigenvalue weighted by Crippen LogP contribution is -2.62. The number of urea groups is 1. The van der Waals surface area contributed by atoms with Crippen LogP contribution in [0.5, 0.6) is 0 Å². The Bertz CT molecular complexity index is 6140. The van der Waals surface area contributed by atoms with Crippen molar-refractivity contribution in [3.8, 4) is 0 Å². The van der Waals surface area contributed by atoms with Crippen LogP contribution >= 0.6 is 22.7 Å². The van der Waals surface area contributed by atoms with E-state index in [9.17, 15) is 76.3 Å². The number of carbonyl (C=O) groups excluding carboxylic acids is 5. The van der Waals surface area contributed by atoms with Gasteiger partial charge in [-0.1, -0.05) is 54.6 Å². The van der Waals surface area contributed by atoms with Crippen LogP contribution in [0.3, 0.4) is 0 Å². The molecule has 5 aliphatic heterocycles. The van der Waals surface area contributed by atoms with Crippen LogP contribution in [0, 0.1) is 63.8 Å². The fourth-order valence-electron chi connectivity index (χ4n) is 16.7. The summed E-state index contributed by atoms with van der Waals surface area (Å²) in [5.41, 5.74) is 9.51. The van der Waals surface area contributed by atoms with Crippen molar-refractivity contribution in [3.63, 3.8) is 0 Å². The quantitative estimate of drug-likeness (QED) is 0.0417. The van der Waals surface area contributed by atoms with E-state index < -0.39 is 82.3 Å². The number of thiazole rings is 1. The molecule has 5 fully saturated rings. The van der Waals surface area contributed by atoms with E-state index in [0.717, 1.165) is 75.2 Å². The second-order valence-corrected chi connectivity index (χ2v) is 35.9. The van der Waals surface area contributed by atoms with Crippen LogP contribution in [0.15, 0.2) is 159 Å². The van der Waals surface area contributed by atoms with Crippen molar-refractivity contribution in [2.24, 2.45) is 5.92 Å². The van der Waals surface area contributed by atoms with Crippen molar-refractivity contribution in [3.05, 3.63) is 274 Å². The number of amides is 2. The first kappa shape index (κ1) is 95.9. The van der Waals surface area contributed by atoms with Gasteiger partial charge in [0.2, 0.25) is 10.0 Å². The molecule has 0 bridgehead atoms. The lowest BCUT2D eigenvalue weighted by molar-refractivity contribution is -0.225. The van der Waals surface area contributed by atoms with Crippen molar-refractivity contribution < 1.29 is 94.6 Å². The molecular weight excluding hydrogens is 1800 g/mol. The molecule has 5 N–H and O–H groups in total. The number of morpholine rings is 2. The molecule has 42 heteroatoms. The van der Waals surface area contributed by atoms with Gasteiger partial charge in [-0.05, 0) is 155 Å². The minimum Gasteiger partial charge on any atom is -0.469 e. The third-order valence-corrected chi connectivity index (χ3v) is 26.1. The highest BCUT2D eigenvalue weighted by atomic mass is 32.2. The molecule has 0 spiro atoms. The summed E-state index contributed by atoms with van der Waals surface area (Å²) in [4.78, 5) is 75.1. The number of rotatable bonds is 21. The molecule has 8 aromatic heterocycles. The smallest absolute Gasteiger partial charge is 0.405 e. The molecule has 5 aliphatic rings. The average Bonchev–Trinajstić information content (AvgIpc) is 1.46. The zero-order valence-corrected chi connectivity index (χ0v) is 75.4. The molecular formula is C90H96F10N18O11S3. The van der Waals surface area contributed by atoms with Gasteiger partial charge >= 0.3 is 18.4 Å². The maximum Gasteiger partial charge on any atom is 0.405 e. The summed E-state index contributed by atoms with van der Waals surface area (Å²) in [5, 5.41) is 37.6. The molecule has 17 rings (SSSR count). The highest BCUT2D eigenvalue weighted by Gasteiger charge is 2.59. The van der Waals surface area contributed by atoms with E-state index >= 15 is 0 Å². The number of likely N-dealkylation sites (tertiary alicyclic amines) is 1. The molecule has 0 radical (unpaired) electrons. The predicted octanol–water partition coefficient (Wildman–Crippen LogP) is 15.4. The Hall–Kier alpha value is -12.2. The number of carbonyl (C=O) groups is 5. The molecule has 6 atom stereocenters. The van der Waals surface area contributed by atoms with E-state index in [4.69, 9.17) is 23.4 Å². The number of aryl methyl sites for hydroxylation is 2. The fraction of sp³-hybridized carbons (Fsp3) is 0.378. The predicted molar refractivity (Wildman–Crippen MR) is 472 cm³/mol. The van der Waals surface area contributed by atoms with Crippen LogP contribution in [0.25, 0.3) is 0 Å². The van der Waals surface area contributed by atoms with Crippen LogP contribution in [-0.4, -0.2) is 207 Å². The standard InChI is InChI=1S/C25H26F4N6O3S.C24H26F4N4O4S.C21H23FN4O3.C20H21FN4OS/c1-15-20(21-18(25(27,28)29)12-34(21)24(37)33-7-9-38-10-8-33)31-35(23(36)19-13-39-14-30-19)22(15)32(2)11-16-3-5-17(26)6-4-16;1-14-20(19-5-4-11-31(37(3,34)35)21(19)24(26,27)28)30-32(23(33)18-10-12-36-15(18)2)22(14)29-13-16-6-8-17(25)9-7-16;1-13-9-16(12-29-13)21(27)26-20(24-10-15-3-5-17(22)6-4-15)14(2)19(25-26)18-11-23-7-8-28-18;1-22-19-16(11-13-4-6-15(21)7-5-13)18(14-8-9-23-12-14)24-25(19)20(26)17-3-2-10-27-17/h3-6,13-14,18,21H,7-12H2,1-2H3;6-10,12,19,21,29H,4-5,11,13H2,1-3H3;3-6,9,12,18,23-24H,7-8,10-11H2,1-2H3;2-7,10,14,22-23H,8-9,11-12H2,1H3. The van der Waals surface area contributed by atoms with Gasteiger partial charge in [-0.2, -0.15) is 69.8 Å². The van der Waals surface area contributed by atoms with Crippen LogP contribution in [0.4, 0.5) is 72.0 Å². The van der Waals surface area contributed by atoms with Crippen molar-refractivity contribution >= 4 is 85.6 Å². The van der Waals surface area contributed by atoms with Gasteiger partial charge in [0.25, 0.3) is 23.6 Å². The van der Waals surface area contributed by atoms with Gasteiger partial charge < -0.3 is 59.6 Å². The third kappa shape index (κ3) is 21.8. The van der Waals surface area contributed by atoms with E-state index in [-0.39, 0.29) is 121 Å². The van der Waals surface area contributed by atoms with E-state index in [1.807, 2.05) is 24.4 Å². The summed E-state index contributed by atoms with van der Waals surface area (Å²) >= 11 is 2.60. The number of halogens is 10. The van der Waals surface area contributed by atoms with Gasteiger partial charge in [-0.25, -0.2) is 35.8 Å². The summed E-state index contributed by atoms with van der Waals surface area (Å²) in [6.07, 6.45) is -4.36.